The summed E-state index contributed by atoms with van der Waals surface area (Å²) in [6.07, 6.45) is 3.11. The second kappa shape index (κ2) is 4.97. The summed E-state index contributed by atoms with van der Waals surface area (Å²) in [4.78, 5) is 12.2. The van der Waals surface area contributed by atoms with Crippen molar-refractivity contribution in [2.45, 2.75) is 13.5 Å². The van der Waals surface area contributed by atoms with E-state index in [1.54, 1.807) is 18.3 Å². The summed E-state index contributed by atoms with van der Waals surface area (Å²) >= 11 is 5.78. The van der Waals surface area contributed by atoms with Crippen molar-refractivity contribution >= 4 is 17.4 Å². The van der Waals surface area contributed by atoms with Crippen LogP contribution < -0.4 is 10.5 Å². The molecule has 0 aromatic carbocycles. The smallest absolute Gasteiger partial charge is 0.168 e. The molecule has 0 aliphatic heterocycles. The Morgan fingerprint density at radius 3 is 2.82 bits per heavy atom. The second-order valence-electron chi connectivity index (χ2n) is 3.48. The quantitative estimate of drug-likeness (QED) is 0.902. The molecule has 88 valence electrons. The summed E-state index contributed by atoms with van der Waals surface area (Å²) in [7, 11) is 0. The number of pyridine rings is 1. The monoisotopic (exact) mass is 250 g/mol. The maximum Gasteiger partial charge on any atom is 0.168 e. The van der Waals surface area contributed by atoms with E-state index < -0.39 is 0 Å². The number of anilines is 1. The maximum atomic E-state index is 5.78. The van der Waals surface area contributed by atoms with Gasteiger partial charge in [-0.3, -0.25) is 4.98 Å². The van der Waals surface area contributed by atoms with E-state index in [0.717, 1.165) is 5.69 Å². The molecule has 0 radical (unpaired) electrons. The third-order valence-corrected chi connectivity index (χ3v) is 2.17. The molecule has 2 rings (SSSR count). The molecule has 0 unspecified atom stereocenters. The van der Waals surface area contributed by atoms with Gasteiger partial charge >= 0.3 is 0 Å². The zero-order valence-electron chi connectivity index (χ0n) is 9.22. The minimum absolute atomic E-state index is 0.230. The van der Waals surface area contributed by atoms with Crippen molar-refractivity contribution in [3.05, 3.63) is 41.1 Å². The van der Waals surface area contributed by atoms with E-state index in [9.17, 15) is 0 Å². The third kappa shape index (κ3) is 3.29. The molecule has 0 bridgehead atoms. The lowest BCUT2D eigenvalue weighted by Gasteiger charge is -2.06. The molecule has 0 saturated carbocycles. The first kappa shape index (κ1) is 11.6. The first-order valence-electron chi connectivity index (χ1n) is 4.97. The van der Waals surface area contributed by atoms with Crippen LogP contribution >= 0.6 is 11.6 Å². The van der Waals surface area contributed by atoms with E-state index in [4.69, 9.17) is 22.1 Å². The highest BCUT2D eigenvalue weighted by atomic mass is 35.5. The SMILES string of the molecule is Cc1cc(N)nc(COc2cncc(Cl)c2)n1. The van der Waals surface area contributed by atoms with E-state index in [1.807, 2.05) is 6.92 Å². The summed E-state index contributed by atoms with van der Waals surface area (Å²) in [6, 6.07) is 3.37. The number of nitrogens with zero attached hydrogens (tertiary/aromatic N) is 3. The van der Waals surface area contributed by atoms with Gasteiger partial charge in [0.15, 0.2) is 5.82 Å². The average molecular weight is 251 g/mol. The highest BCUT2D eigenvalue weighted by Crippen LogP contribution is 2.16. The van der Waals surface area contributed by atoms with Crippen molar-refractivity contribution in [1.82, 2.24) is 15.0 Å². The molecule has 17 heavy (non-hydrogen) atoms. The Bertz CT molecular complexity index is 512. The van der Waals surface area contributed by atoms with Crippen LogP contribution in [-0.4, -0.2) is 15.0 Å². The second-order valence-corrected chi connectivity index (χ2v) is 3.91. The van der Waals surface area contributed by atoms with Crippen LogP contribution in [-0.2, 0) is 6.61 Å². The summed E-state index contributed by atoms with van der Waals surface area (Å²) in [5, 5.41) is 0.521. The lowest BCUT2D eigenvalue weighted by atomic mass is 10.4. The van der Waals surface area contributed by atoms with Crippen LogP contribution in [0.25, 0.3) is 0 Å². The van der Waals surface area contributed by atoms with Gasteiger partial charge in [-0.1, -0.05) is 11.6 Å². The van der Waals surface area contributed by atoms with Crippen LogP contribution in [0.4, 0.5) is 5.82 Å². The number of hydrogen-bond acceptors (Lipinski definition) is 5. The summed E-state index contributed by atoms with van der Waals surface area (Å²) < 4.78 is 5.46. The molecule has 2 heterocycles. The van der Waals surface area contributed by atoms with Crippen LogP contribution in [0.2, 0.25) is 5.02 Å². The fraction of sp³-hybridized carbons (Fsp3) is 0.182. The van der Waals surface area contributed by atoms with Crippen LogP contribution in [0.15, 0.2) is 24.5 Å². The van der Waals surface area contributed by atoms with Crippen LogP contribution in [0, 0.1) is 6.92 Å². The lowest BCUT2D eigenvalue weighted by molar-refractivity contribution is 0.294. The minimum atomic E-state index is 0.230. The van der Waals surface area contributed by atoms with E-state index in [2.05, 4.69) is 15.0 Å². The van der Waals surface area contributed by atoms with Crippen molar-refractivity contribution in [1.29, 1.82) is 0 Å². The van der Waals surface area contributed by atoms with Gasteiger partial charge < -0.3 is 10.5 Å². The first-order chi connectivity index (χ1) is 8.13. The fourth-order valence-electron chi connectivity index (χ4n) is 1.34. The lowest BCUT2D eigenvalue weighted by Crippen LogP contribution is -2.05. The van der Waals surface area contributed by atoms with Crippen molar-refractivity contribution in [2.24, 2.45) is 0 Å². The highest BCUT2D eigenvalue weighted by molar-refractivity contribution is 6.30. The molecule has 0 aliphatic carbocycles. The largest absolute Gasteiger partial charge is 0.484 e. The van der Waals surface area contributed by atoms with E-state index in [1.165, 1.54) is 6.20 Å². The first-order valence-corrected chi connectivity index (χ1v) is 5.34. The maximum absolute atomic E-state index is 5.78. The summed E-state index contributed by atoms with van der Waals surface area (Å²) in [5.41, 5.74) is 6.42. The molecular weight excluding hydrogens is 240 g/mol. The zero-order valence-corrected chi connectivity index (χ0v) is 9.98. The Hall–Kier alpha value is -1.88. The van der Waals surface area contributed by atoms with Crippen LogP contribution in [0.1, 0.15) is 11.5 Å². The van der Waals surface area contributed by atoms with Crippen molar-refractivity contribution in [3.63, 3.8) is 0 Å². The molecule has 0 fully saturated rings. The Kier molecular flexibility index (Phi) is 3.39. The molecule has 0 amide bonds. The van der Waals surface area contributed by atoms with E-state index in [-0.39, 0.29) is 6.61 Å². The molecule has 0 atom stereocenters. The summed E-state index contributed by atoms with van der Waals surface area (Å²) in [5.74, 6) is 1.53. The molecule has 0 saturated heterocycles. The van der Waals surface area contributed by atoms with Gasteiger partial charge in [-0.15, -0.1) is 0 Å². The molecule has 5 nitrogen and oxygen atoms in total. The average Bonchev–Trinajstić information content (AvgIpc) is 2.25. The predicted molar refractivity (Wildman–Crippen MR) is 64.8 cm³/mol. The van der Waals surface area contributed by atoms with Crippen LogP contribution in [0.3, 0.4) is 0 Å². The topological polar surface area (TPSA) is 73.9 Å². The highest BCUT2D eigenvalue weighted by Gasteiger charge is 2.02. The molecule has 2 N–H and O–H groups in total. The van der Waals surface area contributed by atoms with Gasteiger partial charge in [0.2, 0.25) is 0 Å². The Morgan fingerprint density at radius 1 is 1.29 bits per heavy atom. The van der Waals surface area contributed by atoms with Crippen molar-refractivity contribution in [2.75, 3.05) is 5.73 Å². The van der Waals surface area contributed by atoms with Gasteiger partial charge in [0.05, 0.1) is 11.2 Å². The number of rotatable bonds is 3. The number of halogens is 1. The molecule has 0 aliphatic rings. The molecule has 0 spiro atoms. The standard InChI is InChI=1S/C11H11ClN4O/c1-7-2-10(13)16-11(15-7)6-17-9-3-8(12)4-14-5-9/h2-5H,6H2,1H3,(H2,13,15,16). The Balaban J connectivity index is 2.07. The zero-order chi connectivity index (χ0) is 12.3. The van der Waals surface area contributed by atoms with Gasteiger partial charge in [0, 0.05) is 24.0 Å². The van der Waals surface area contributed by atoms with E-state index >= 15 is 0 Å². The molecule has 2 aromatic heterocycles. The van der Waals surface area contributed by atoms with Crippen LogP contribution in [0.5, 0.6) is 5.75 Å². The molecule has 2 aromatic rings. The van der Waals surface area contributed by atoms with Gasteiger partial charge in [0.1, 0.15) is 18.2 Å². The fourth-order valence-corrected chi connectivity index (χ4v) is 1.50. The van der Waals surface area contributed by atoms with Gasteiger partial charge in [-0.05, 0) is 6.92 Å². The predicted octanol–water partition coefficient (Wildman–Crippen LogP) is 1.99. The van der Waals surface area contributed by atoms with E-state index in [0.29, 0.717) is 22.4 Å². The normalized spacial score (nSPS) is 10.2. The Morgan fingerprint density at radius 2 is 2.12 bits per heavy atom. The molecular formula is C11H11ClN4O. The van der Waals surface area contributed by atoms with Gasteiger partial charge in [-0.25, -0.2) is 9.97 Å². The number of aromatic nitrogens is 3. The van der Waals surface area contributed by atoms with Crippen molar-refractivity contribution in [3.8, 4) is 5.75 Å². The van der Waals surface area contributed by atoms with Crippen molar-refractivity contribution < 1.29 is 4.74 Å². The molecule has 6 heteroatoms. The third-order valence-electron chi connectivity index (χ3n) is 1.97. The Labute approximate surface area is 104 Å². The number of ether oxygens (including phenoxy) is 1. The number of nitrogen functional groups attached to an aromatic ring is 1. The number of nitrogens with two attached hydrogens (primary N) is 1. The summed E-state index contributed by atoms with van der Waals surface area (Å²) in [6.45, 7) is 2.08. The number of aryl methyl sites for hydroxylation is 1. The minimum Gasteiger partial charge on any atom is -0.484 e. The van der Waals surface area contributed by atoms with Gasteiger partial charge in [0.25, 0.3) is 0 Å². The van der Waals surface area contributed by atoms with Gasteiger partial charge in [-0.2, -0.15) is 0 Å². The number of hydrogen-bond donors (Lipinski definition) is 1.